The minimum absolute atomic E-state index is 0.436. The second-order valence-corrected chi connectivity index (χ2v) is 12.1. The minimum Gasteiger partial charge on any atom is -0.361 e. The molecule has 0 radical (unpaired) electrons. The molecule has 4 nitrogen and oxygen atoms in total. The van der Waals surface area contributed by atoms with Gasteiger partial charge in [0.1, 0.15) is 12.6 Å². The highest BCUT2D eigenvalue weighted by Crippen LogP contribution is 2.18. The molecule has 0 aliphatic heterocycles. The fourth-order valence-corrected chi connectivity index (χ4v) is 2.87. The van der Waals surface area contributed by atoms with Crippen LogP contribution in [0.4, 0.5) is 0 Å². The van der Waals surface area contributed by atoms with Crippen LogP contribution >= 0.6 is 0 Å². The zero-order valence-corrected chi connectivity index (χ0v) is 13.9. The summed E-state index contributed by atoms with van der Waals surface area (Å²) in [7, 11) is -1.04. The lowest BCUT2D eigenvalue weighted by Gasteiger charge is -2.16. The first-order valence-corrected chi connectivity index (χ1v) is 10.8. The molecule has 1 aromatic heterocycles. The Morgan fingerprint density at radius 1 is 1.30 bits per heavy atom. The van der Waals surface area contributed by atoms with Crippen LogP contribution < -0.4 is 5.73 Å². The molecule has 0 unspecified atom stereocenters. The van der Waals surface area contributed by atoms with E-state index < -0.39 is 8.07 Å². The van der Waals surface area contributed by atoms with Gasteiger partial charge < -0.3 is 15.0 Å². The van der Waals surface area contributed by atoms with E-state index >= 15 is 0 Å². The summed E-state index contributed by atoms with van der Waals surface area (Å²) < 4.78 is 7.94. The number of fused-ring (bicyclic) bond motifs is 1. The monoisotopic (exact) mass is 291 g/mol. The van der Waals surface area contributed by atoms with E-state index in [1.807, 2.05) is 6.07 Å². The first-order chi connectivity index (χ1) is 9.40. The summed E-state index contributed by atoms with van der Waals surface area (Å²) >= 11 is 0. The molecule has 110 valence electrons. The van der Waals surface area contributed by atoms with Gasteiger partial charge in [-0.05, 0) is 30.7 Å². The van der Waals surface area contributed by atoms with Crippen LogP contribution in [0.1, 0.15) is 11.4 Å². The zero-order valence-electron chi connectivity index (χ0n) is 12.9. The molecule has 0 aliphatic carbocycles. The summed E-state index contributed by atoms with van der Waals surface area (Å²) in [4.78, 5) is 4.57. The Labute approximate surface area is 122 Å². The molecule has 1 aromatic carbocycles. The summed E-state index contributed by atoms with van der Waals surface area (Å²) in [6.07, 6.45) is 0. The molecule has 2 aromatic rings. The van der Waals surface area contributed by atoms with Crippen molar-refractivity contribution >= 4 is 19.1 Å². The highest BCUT2D eigenvalue weighted by Gasteiger charge is 2.13. The molecule has 0 atom stereocenters. The van der Waals surface area contributed by atoms with Crippen molar-refractivity contribution < 1.29 is 4.74 Å². The maximum Gasteiger partial charge on any atom is 0.125 e. The molecule has 0 amide bonds. The van der Waals surface area contributed by atoms with E-state index in [0.717, 1.165) is 23.5 Å². The number of hydrogen-bond acceptors (Lipinski definition) is 3. The Morgan fingerprint density at radius 2 is 2.05 bits per heavy atom. The number of imidazole rings is 1. The minimum atomic E-state index is -1.04. The normalized spacial score (nSPS) is 12.2. The van der Waals surface area contributed by atoms with Crippen molar-refractivity contribution in [1.29, 1.82) is 0 Å². The van der Waals surface area contributed by atoms with Crippen molar-refractivity contribution in [2.45, 2.75) is 45.9 Å². The van der Waals surface area contributed by atoms with Gasteiger partial charge >= 0.3 is 0 Å². The molecule has 2 rings (SSSR count). The molecule has 5 heteroatoms. The van der Waals surface area contributed by atoms with Crippen LogP contribution in [0.2, 0.25) is 25.7 Å². The average molecular weight is 291 g/mol. The van der Waals surface area contributed by atoms with Crippen molar-refractivity contribution in [3.63, 3.8) is 0 Å². The summed E-state index contributed by atoms with van der Waals surface area (Å²) in [5, 5.41) is 0. The van der Waals surface area contributed by atoms with Gasteiger partial charge in [0.05, 0.1) is 17.6 Å². The molecular weight excluding hydrogens is 266 g/mol. The van der Waals surface area contributed by atoms with E-state index in [-0.39, 0.29) is 0 Å². The van der Waals surface area contributed by atoms with Crippen LogP contribution in [-0.2, 0) is 18.0 Å². The molecule has 0 aliphatic rings. The quantitative estimate of drug-likeness (QED) is 0.657. The number of nitrogens with two attached hydrogens (primary N) is 1. The van der Waals surface area contributed by atoms with Gasteiger partial charge in [-0.1, -0.05) is 25.7 Å². The van der Waals surface area contributed by atoms with Crippen LogP contribution in [-0.4, -0.2) is 24.2 Å². The van der Waals surface area contributed by atoms with E-state index in [9.17, 15) is 0 Å². The number of aromatic nitrogens is 2. The molecule has 1 heterocycles. The maximum absolute atomic E-state index is 5.85. The molecular formula is C15H25N3OSi. The summed E-state index contributed by atoms with van der Waals surface area (Å²) in [5.74, 6) is 0.888. The summed E-state index contributed by atoms with van der Waals surface area (Å²) in [6, 6.07) is 7.44. The Kier molecular flexibility index (Phi) is 4.62. The van der Waals surface area contributed by atoms with Crippen molar-refractivity contribution in [3.05, 3.63) is 29.6 Å². The lowest BCUT2D eigenvalue weighted by Crippen LogP contribution is -2.22. The van der Waals surface area contributed by atoms with E-state index in [2.05, 4.69) is 48.2 Å². The van der Waals surface area contributed by atoms with Crippen LogP contribution in [0.15, 0.2) is 18.2 Å². The van der Waals surface area contributed by atoms with Gasteiger partial charge in [0, 0.05) is 14.7 Å². The molecule has 0 saturated heterocycles. The van der Waals surface area contributed by atoms with Gasteiger partial charge in [-0.2, -0.15) is 0 Å². The van der Waals surface area contributed by atoms with E-state index in [0.29, 0.717) is 13.3 Å². The molecule has 0 saturated carbocycles. The Morgan fingerprint density at radius 3 is 2.70 bits per heavy atom. The van der Waals surface area contributed by atoms with Gasteiger partial charge in [0.15, 0.2) is 0 Å². The van der Waals surface area contributed by atoms with Crippen LogP contribution in [0.5, 0.6) is 0 Å². The zero-order chi connectivity index (χ0) is 14.8. The average Bonchev–Trinajstić information content (AvgIpc) is 2.71. The topological polar surface area (TPSA) is 53.1 Å². The highest BCUT2D eigenvalue weighted by molar-refractivity contribution is 6.76. The van der Waals surface area contributed by atoms with Gasteiger partial charge in [0.25, 0.3) is 0 Å². The molecule has 20 heavy (non-hydrogen) atoms. The summed E-state index contributed by atoms with van der Waals surface area (Å²) in [6.45, 7) is 10.9. The van der Waals surface area contributed by atoms with Crippen molar-refractivity contribution in [3.8, 4) is 0 Å². The van der Waals surface area contributed by atoms with Gasteiger partial charge in [0.2, 0.25) is 0 Å². The first kappa shape index (κ1) is 15.2. The number of aryl methyl sites for hydroxylation is 1. The van der Waals surface area contributed by atoms with E-state index in [1.54, 1.807) is 0 Å². The number of nitrogens with zero attached hydrogens (tertiary/aromatic N) is 2. The Bertz CT molecular complexity index is 587. The van der Waals surface area contributed by atoms with Crippen molar-refractivity contribution in [1.82, 2.24) is 9.55 Å². The lowest BCUT2D eigenvalue weighted by atomic mass is 10.2. The highest BCUT2D eigenvalue weighted by atomic mass is 28.3. The second-order valence-electron chi connectivity index (χ2n) is 6.50. The Balaban J connectivity index is 2.13. The van der Waals surface area contributed by atoms with E-state index in [4.69, 9.17) is 10.5 Å². The Hall–Kier alpha value is -1.17. The number of hydrogen-bond donors (Lipinski definition) is 1. The standard InChI is InChI=1S/C15H25N3OSi/c1-12-5-6-13-14(9-12)18(15(10-16)17-13)11-19-7-8-20(2,3)4/h5-6,9H,7-8,10-11,16H2,1-4H3. The smallest absolute Gasteiger partial charge is 0.125 e. The third-order valence-corrected chi connectivity index (χ3v) is 5.09. The van der Waals surface area contributed by atoms with E-state index in [1.165, 1.54) is 11.6 Å². The molecule has 0 spiro atoms. The lowest BCUT2D eigenvalue weighted by molar-refractivity contribution is 0.0879. The number of ether oxygens (including phenoxy) is 1. The van der Waals surface area contributed by atoms with Gasteiger partial charge in [-0.15, -0.1) is 0 Å². The fraction of sp³-hybridized carbons (Fsp3) is 0.533. The van der Waals surface area contributed by atoms with Gasteiger partial charge in [-0.3, -0.25) is 0 Å². The maximum atomic E-state index is 5.85. The fourth-order valence-electron chi connectivity index (χ4n) is 2.12. The van der Waals surface area contributed by atoms with Gasteiger partial charge in [-0.25, -0.2) is 4.98 Å². The molecule has 0 bridgehead atoms. The van der Waals surface area contributed by atoms with Crippen LogP contribution in [0, 0.1) is 6.92 Å². The largest absolute Gasteiger partial charge is 0.361 e. The third kappa shape index (κ3) is 3.68. The number of benzene rings is 1. The van der Waals surface area contributed by atoms with Crippen LogP contribution in [0.3, 0.4) is 0 Å². The predicted octanol–water partition coefficient (Wildman–Crippen LogP) is 3.12. The van der Waals surface area contributed by atoms with Crippen molar-refractivity contribution in [2.24, 2.45) is 5.73 Å². The molecule has 0 fully saturated rings. The number of rotatable bonds is 6. The predicted molar refractivity (Wildman–Crippen MR) is 86.5 cm³/mol. The second kappa shape index (κ2) is 6.07. The van der Waals surface area contributed by atoms with Crippen LogP contribution in [0.25, 0.3) is 11.0 Å². The molecule has 2 N–H and O–H groups in total. The summed E-state index contributed by atoms with van der Waals surface area (Å²) in [5.41, 5.74) is 9.12. The first-order valence-electron chi connectivity index (χ1n) is 7.14. The van der Waals surface area contributed by atoms with Crippen molar-refractivity contribution in [2.75, 3.05) is 6.61 Å². The SMILES string of the molecule is Cc1ccc2nc(CN)n(COCC[Si](C)(C)C)c2c1. The third-order valence-electron chi connectivity index (χ3n) is 3.38.